The molecule has 0 aliphatic rings. The zero-order chi connectivity index (χ0) is 16.9. The Morgan fingerprint density at radius 1 is 0.833 bits per heavy atom. The van der Waals surface area contributed by atoms with E-state index in [0.29, 0.717) is 27.5 Å². The van der Waals surface area contributed by atoms with E-state index in [2.05, 4.69) is 9.97 Å². The van der Waals surface area contributed by atoms with Crippen LogP contribution < -0.4 is 5.56 Å². The lowest BCUT2D eigenvalue weighted by Gasteiger charge is -2.06. The van der Waals surface area contributed by atoms with Crippen molar-refractivity contribution < 1.29 is 13.2 Å². The Bertz CT molecular complexity index is 1110. The topological polar surface area (TPSA) is 48.6 Å². The molecule has 120 valence electrons. The van der Waals surface area contributed by atoms with Gasteiger partial charge in [0.1, 0.15) is 0 Å². The van der Waals surface area contributed by atoms with Crippen molar-refractivity contribution >= 4 is 21.9 Å². The quantitative estimate of drug-likeness (QED) is 0.523. The Hall–Kier alpha value is -3.02. The molecular formula is C18H11F3N2O. The second-order valence-corrected chi connectivity index (χ2v) is 5.55. The molecule has 0 spiro atoms. The highest BCUT2D eigenvalue weighted by Gasteiger charge is 2.30. The Labute approximate surface area is 133 Å². The average Bonchev–Trinajstić information content (AvgIpc) is 2.92. The number of hydrogen-bond acceptors (Lipinski definition) is 1. The molecule has 3 nitrogen and oxygen atoms in total. The van der Waals surface area contributed by atoms with Gasteiger partial charge in [0.15, 0.2) is 0 Å². The number of halogens is 3. The summed E-state index contributed by atoms with van der Waals surface area (Å²) in [5, 5.41) is 0.342. The molecule has 0 aliphatic heterocycles. The maximum Gasteiger partial charge on any atom is 0.416 e. The molecule has 0 aliphatic carbocycles. The normalized spacial score (nSPS) is 12.1. The van der Waals surface area contributed by atoms with Gasteiger partial charge >= 0.3 is 6.18 Å². The van der Waals surface area contributed by atoms with E-state index in [0.717, 1.165) is 17.7 Å². The lowest BCUT2D eigenvalue weighted by Crippen LogP contribution is -2.05. The van der Waals surface area contributed by atoms with Gasteiger partial charge in [0.2, 0.25) is 5.56 Å². The highest BCUT2D eigenvalue weighted by molar-refractivity contribution is 6.09. The molecule has 4 rings (SSSR count). The summed E-state index contributed by atoms with van der Waals surface area (Å²) >= 11 is 0. The minimum atomic E-state index is -4.44. The number of pyridine rings is 1. The Morgan fingerprint density at radius 2 is 1.58 bits per heavy atom. The average molecular weight is 328 g/mol. The van der Waals surface area contributed by atoms with Crippen molar-refractivity contribution in [3.05, 3.63) is 70.5 Å². The molecule has 6 heteroatoms. The fourth-order valence-electron chi connectivity index (χ4n) is 2.91. The van der Waals surface area contributed by atoms with E-state index >= 15 is 0 Å². The number of fused-ring (bicyclic) bond motifs is 3. The van der Waals surface area contributed by atoms with Crippen LogP contribution in [0.1, 0.15) is 5.56 Å². The summed E-state index contributed by atoms with van der Waals surface area (Å²) in [7, 11) is 0. The first kappa shape index (κ1) is 14.6. The van der Waals surface area contributed by atoms with Gasteiger partial charge in [0.25, 0.3) is 0 Å². The highest BCUT2D eigenvalue weighted by atomic mass is 19.4. The first-order valence-corrected chi connectivity index (χ1v) is 7.25. The van der Waals surface area contributed by atoms with Crippen LogP contribution in [0.4, 0.5) is 13.2 Å². The standard InChI is InChI=1S/C18H11F3N2O/c19-18(20,21)11-6-7-14-13(8-11)17-16(22-14)12(9-15(24)23-17)10-4-2-1-3-5-10/h1-9,22H,(H,23,24). The number of H-pyrrole nitrogens is 2. The van der Waals surface area contributed by atoms with Gasteiger partial charge in [-0.2, -0.15) is 13.2 Å². The van der Waals surface area contributed by atoms with E-state index in [4.69, 9.17) is 0 Å². The molecule has 0 bridgehead atoms. The van der Waals surface area contributed by atoms with Gasteiger partial charge in [-0.1, -0.05) is 30.3 Å². The van der Waals surface area contributed by atoms with Crippen LogP contribution in [0.3, 0.4) is 0 Å². The van der Waals surface area contributed by atoms with Gasteiger partial charge in [0.05, 0.1) is 16.6 Å². The van der Waals surface area contributed by atoms with Crippen LogP contribution in [-0.2, 0) is 6.18 Å². The summed E-state index contributed by atoms with van der Waals surface area (Å²) < 4.78 is 38.9. The monoisotopic (exact) mass is 328 g/mol. The van der Waals surface area contributed by atoms with Crippen molar-refractivity contribution in [1.29, 1.82) is 0 Å². The molecule has 2 aromatic heterocycles. The second-order valence-electron chi connectivity index (χ2n) is 5.55. The summed E-state index contributed by atoms with van der Waals surface area (Å²) in [5.74, 6) is 0. The van der Waals surface area contributed by atoms with Crippen molar-refractivity contribution in [2.45, 2.75) is 6.18 Å². The third kappa shape index (κ3) is 2.27. The largest absolute Gasteiger partial charge is 0.416 e. The molecule has 0 unspecified atom stereocenters. The molecule has 0 saturated heterocycles. The summed E-state index contributed by atoms with van der Waals surface area (Å²) in [5.41, 5.74) is 1.88. The molecule has 0 atom stereocenters. The number of benzene rings is 2. The molecule has 0 radical (unpaired) electrons. The fraction of sp³-hybridized carbons (Fsp3) is 0.0556. The van der Waals surface area contributed by atoms with E-state index < -0.39 is 11.7 Å². The highest BCUT2D eigenvalue weighted by Crippen LogP contribution is 2.35. The molecule has 0 fully saturated rings. The molecule has 2 N–H and O–H groups in total. The van der Waals surface area contributed by atoms with Crippen LogP contribution in [0.2, 0.25) is 0 Å². The Kier molecular flexibility index (Phi) is 3.03. The summed E-state index contributed by atoms with van der Waals surface area (Å²) in [6.45, 7) is 0. The molecule has 2 heterocycles. The van der Waals surface area contributed by atoms with Crippen molar-refractivity contribution in [3.8, 4) is 11.1 Å². The zero-order valence-corrected chi connectivity index (χ0v) is 12.2. The SMILES string of the molecule is O=c1cc(-c2ccccc2)c2[nH]c3ccc(C(F)(F)F)cc3c2[nH]1. The number of nitrogens with one attached hydrogen (secondary N) is 2. The Balaban J connectivity index is 2.09. The van der Waals surface area contributed by atoms with E-state index in [-0.39, 0.29) is 5.56 Å². The summed E-state index contributed by atoms with van der Waals surface area (Å²) in [6, 6.07) is 14.1. The first-order valence-electron chi connectivity index (χ1n) is 7.25. The van der Waals surface area contributed by atoms with Crippen LogP contribution in [0.15, 0.2) is 59.4 Å². The lowest BCUT2D eigenvalue weighted by molar-refractivity contribution is -0.137. The summed E-state index contributed by atoms with van der Waals surface area (Å²) in [4.78, 5) is 17.8. The number of aromatic amines is 2. The van der Waals surface area contributed by atoms with Crippen LogP contribution >= 0.6 is 0 Å². The van der Waals surface area contributed by atoms with E-state index in [1.165, 1.54) is 12.1 Å². The van der Waals surface area contributed by atoms with Crippen LogP contribution in [0.5, 0.6) is 0 Å². The number of alkyl halides is 3. The van der Waals surface area contributed by atoms with Crippen molar-refractivity contribution in [3.63, 3.8) is 0 Å². The van der Waals surface area contributed by atoms with Gasteiger partial charge in [-0.25, -0.2) is 0 Å². The Morgan fingerprint density at radius 3 is 2.29 bits per heavy atom. The second kappa shape index (κ2) is 4.99. The summed E-state index contributed by atoms with van der Waals surface area (Å²) in [6.07, 6.45) is -4.44. The van der Waals surface area contributed by atoms with Gasteiger partial charge in [-0.15, -0.1) is 0 Å². The van der Waals surface area contributed by atoms with Crippen molar-refractivity contribution in [2.24, 2.45) is 0 Å². The van der Waals surface area contributed by atoms with Crippen LogP contribution in [0, 0.1) is 0 Å². The molecule has 0 saturated carbocycles. The smallest absolute Gasteiger partial charge is 0.353 e. The van der Waals surface area contributed by atoms with Crippen LogP contribution in [-0.4, -0.2) is 9.97 Å². The van der Waals surface area contributed by atoms with Gasteiger partial charge in [-0.05, 0) is 23.8 Å². The minimum absolute atomic E-state index is 0.342. The van der Waals surface area contributed by atoms with Crippen molar-refractivity contribution in [1.82, 2.24) is 9.97 Å². The predicted molar refractivity (Wildman–Crippen MR) is 86.9 cm³/mol. The molecular weight excluding hydrogens is 317 g/mol. The van der Waals surface area contributed by atoms with Crippen molar-refractivity contribution in [2.75, 3.05) is 0 Å². The van der Waals surface area contributed by atoms with Gasteiger partial charge in [-0.3, -0.25) is 4.79 Å². The van der Waals surface area contributed by atoms with Gasteiger partial charge in [0, 0.05) is 22.5 Å². The number of hydrogen-bond donors (Lipinski definition) is 2. The number of rotatable bonds is 1. The van der Waals surface area contributed by atoms with E-state index in [9.17, 15) is 18.0 Å². The molecule has 0 amide bonds. The van der Waals surface area contributed by atoms with Gasteiger partial charge < -0.3 is 9.97 Å². The third-order valence-electron chi connectivity index (χ3n) is 4.00. The molecule has 4 aromatic rings. The van der Waals surface area contributed by atoms with E-state index in [1.54, 1.807) is 0 Å². The zero-order valence-electron chi connectivity index (χ0n) is 12.2. The maximum absolute atomic E-state index is 13.0. The van der Waals surface area contributed by atoms with E-state index in [1.807, 2.05) is 30.3 Å². The van der Waals surface area contributed by atoms with Crippen LogP contribution in [0.25, 0.3) is 33.1 Å². The predicted octanol–water partition coefficient (Wildman–Crippen LogP) is 4.70. The minimum Gasteiger partial charge on any atom is -0.353 e. The maximum atomic E-state index is 13.0. The third-order valence-corrected chi connectivity index (χ3v) is 4.00. The lowest BCUT2D eigenvalue weighted by atomic mass is 10.0. The molecule has 2 aromatic carbocycles. The number of aromatic nitrogens is 2. The fourth-order valence-corrected chi connectivity index (χ4v) is 2.91. The molecule has 24 heavy (non-hydrogen) atoms. The first-order chi connectivity index (χ1) is 11.4.